The predicted octanol–water partition coefficient (Wildman–Crippen LogP) is 5.17. The summed E-state index contributed by atoms with van der Waals surface area (Å²) < 4.78 is 13.2. The molecule has 4 atom stereocenters. The van der Waals surface area contributed by atoms with E-state index in [2.05, 4.69) is 34.5 Å². The first-order chi connectivity index (χ1) is 21.3. The number of aliphatic hydroxyl groups excluding tert-OH is 1. The van der Waals surface area contributed by atoms with Gasteiger partial charge in [-0.3, -0.25) is 14.6 Å². The highest BCUT2D eigenvalue weighted by molar-refractivity contribution is 5.90. The average Bonchev–Trinajstić information content (AvgIpc) is 3.03. The van der Waals surface area contributed by atoms with Gasteiger partial charge in [0.25, 0.3) is 0 Å². The van der Waals surface area contributed by atoms with E-state index >= 15 is 0 Å². The van der Waals surface area contributed by atoms with Crippen molar-refractivity contribution in [2.45, 2.75) is 71.1 Å². The molecule has 3 aromatic rings. The van der Waals surface area contributed by atoms with Crippen LogP contribution in [0.15, 0.2) is 72.9 Å². The molecule has 9 nitrogen and oxygen atoms in total. The summed E-state index contributed by atoms with van der Waals surface area (Å²) in [5.74, 6) is 0.0215. The minimum atomic E-state index is -0.573. The van der Waals surface area contributed by atoms with Crippen LogP contribution in [0.4, 0.5) is 5.69 Å². The van der Waals surface area contributed by atoms with E-state index in [-0.39, 0.29) is 36.5 Å². The lowest BCUT2D eigenvalue weighted by Gasteiger charge is -2.42. The van der Waals surface area contributed by atoms with Gasteiger partial charge in [-0.2, -0.15) is 0 Å². The minimum absolute atomic E-state index is 0.00171. The van der Waals surface area contributed by atoms with Crippen molar-refractivity contribution in [3.63, 3.8) is 0 Å². The first-order valence-electron chi connectivity index (χ1n) is 15.6. The third-order valence-electron chi connectivity index (χ3n) is 8.01. The number of pyridine rings is 1. The van der Waals surface area contributed by atoms with Gasteiger partial charge in [0.15, 0.2) is 6.29 Å². The van der Waals surface area contributed by atoms with E-state index in [1.165, 1.54) is 6.92 Å². The Kier molecular flexibility index (Phi) is 12.9. The molecule has 2 aromatic carbocycles. The number of hydrogen-bond donors (Lipinski definition) is 3. The molecule has 1 fully saturated rings. The third kappa shape index (κ3) is 10.2. The summed E-state index contributed by atoms with van der Waals surface area (Å²) in [6.45, 7) is 5.89. The van der Waals surface area contributed by atoms with Crippen molar-refractivity contribution >= 4 is 17.5 Å². The number of ether oxygens (including phenoxy) is 2. The Labute approximate surface area is 261 Å². The minimum Gasteiger partial charge on any atom is -0.392 e. The first-order valence-corrected chi connectivity index (χ1v) is 15.6. The van der Waals surface area contributed by atoms with Gasteiger partial charge in [0.05, 0.1) is 18.8 Å². The number of benzene rings is 2. The van der Waals surface area contributed by atoms with Gasteiger partial charge in [-0.25, -0.2) is 0 Å². The van der Waals surface area contributed by atoms with E-state index < -0.39 is 6.29 Å². The van der Waals surface area contributed by atoms with Crippen LogP contribution in [0, 0.1) is 5.92 Å². The molecule has 9 heteroatoms. The standard InChI is InChI=1S/C35H46N4O5/c1-25-32(23-39(3)22-19-30-9-6-8-21-37-30)43-35(44-34(25)28-13-11-27(24-40)12-14-28)29-15-17-31(18-16-29)38-33(42)10-5-4-7-20-36-26(2)41/h6,8-9,11-18,21,25,32,34-35,40H,4-5,7,10,19-20,22-24H2,1-3H3,(H,36,41)(H,38,42)/t25-,32+,34+,35+/m1/s1. The van der Waals surface area contributed by atoms with E-state index in [0.29, 0.717) is 13.0 Å². The monoisotopic (exact) mass is 602 g/mol. The van der Waals surface area contributed by atoms with Crippen molar-refractivity contribution in [1.82, 2.24) is 15.2 Å². The topological polar surface area (TPSA) is 113 Å². The van der Waals surface area contributed by atoms with Gasteiger partial charge < -0.3 is 30.1 Å². The summed E-state index contributed by atoms with van der Waals surface area (Å²) in [6, 6.07) is 21.6. The Morgan fingerprint density at radius 1 is 0.955 bits per heavy atom. The number of amides is 2. The lowest BCUT2D eigenvalue weighted by atomic mass is 9.90. The van der Waals surface area contributed by atoms with E-state index in [1.807, 2.05) is 72.9 Å². The lowest BCUT2D eigenvalue weighted by molar-refractivity contribution is -0.275. The number of rotatable bonds is 15. The first kappa shape index (κ1) is 33.3. The fourth-order valence-electron chi connectivity index (χ4n) is 5.38. The van der Waals surface area contributed by atoms with Crippen molar-refractivity contribution in [1.29, 1.82) is 0 Å². The molecule has 2 heterocycles. The van der Waals surface area contributed by atoms with Crippen LogP contribution in [0.3, 0.4) is 0 Å². The van der Waals surface area contributed by atoms with Crippen LogP contribution in [0.2, 0.25) is 0 Å². The summed E-state index contributed by atoms with van der Waals surface area (Å²) in [5, 5.41) is 15.3. The molecule has 1 aliphatic rings. The van der Waals surface area contributed by atoms with Gasteiger partial charge in [-0.1, -0.05) is 55.8 Å². The van der Waals surface area contributed by atoms with Gasteiger partial charge in [-0.05, 0) is 55.3 Å². The van der Waals surface area contributed by atoms with Crippen LogP contribution >= 0.6 is 0 Å². The third-order valence-corrected chi connectivity index (χ3v) is 8.01. The van der Waals surface area contributed by atoms with Crippen LogP contribution in [0.25, 0.3) is 0 Å². The Bertz CT molecular complexity index is 1300. The zero-order valence-electron chi connectivity index (χ0n) is 26.1. The molecule has 1 saturated heterocycles. The molecule has 0 spiro atoms. The number of likely N-dealkylation sites (N-methyl/N-ethyl adjacent to an activating group) is 1. The molecule has 0 radical (unpaired) electrons. The number of hydrogen-bond acceptors (Lipinski definition) is 7. The normalized spacial score (nSPS) is 19.9. The maximum absolute atomic E-state index is 12.5. The highest BCUT2D eigenvalue weighted by atomic mass is 16.7. The van der Waals surface area contributed by atoms with Crippen LogP contribution in [0.5, 0.6) is 0 Å². The molecule has 4 rings (SSSR count). The number of aliphatic hydroxyl groups is 1. The number of nitrogens with zero attached hydrogens (tertiary/aromatic N) is 2. The zero-order valence-corrected chi connectivity index (χ0v) is 26.1. The van der Waals surface area contributed by atoms with Gasteiger partial charge in [0, 0.05) is 68.5 Å². The van der Waals surface area contributed by atoms with Crippen molar-refractivity contribution in [2.24, 2.45) is 5.92 Å². The van der Waals surface area contributed by atoms with E-state index in [9.17, 15) is 14.7 Å². The molecular weight excluding hydrogens is 556 g/mol. The molecule has 2 amide bonds. The number of unbranched alkanes of at least 4 members (excludes halogenated alkanes) is 2. The number of carbonyl (C=O) groups is 2. The SMILES string of the molecule is CC(=O)NCCCCCC(=O)Nc1ccc([C@H]2O[C@@H](CN(C)CCc3ccccn3)[C@@H](C)[C@@H](c3ccc(CO)cc3)O2)cc1. The molecule has 3 N–H and O–H groups in total. The van der Waals surface area contributed by atoms with Crippen molar-refractivity contribution in [3.05, 3.63) is 95.3 Å². The largest absolute Gasteiger partial charge is 0.392 e. The molecule has 236 valence electrons. The second-order valence-electron chi connectivity index (χ2n) is 11.6. The van der Waals surface area contributed by atoms with E-state index in [1.54, 1.807) is 0 Å². The maximum Gasteiger partial charge on any atom is 0.224 e. The molecule has 1 aliphatic heterocycles. The highest BCUT2D eigenvalue weighted by Crippen LogP contribution is 2.42. The summed E-state index contributed by atoms with van der Waals surface area (Å²) in [6.07, 6.45) is 4.76. The molecule has 0 saturated carbocycles. The fraction of sp³-hybridized carbons (Fsp3) is 0.457. The second-order valence-corrected chi connectivity index (χ2v) is 11.6. The van der Waals surface area contributed by atoms with Gasteiger partial charge in [0.1, 0.15) is 0 Å². The zero-order chi connectivity index (χ0) is 31.3. The number of nitrogens with one attached hydrogen (secondary N) is 2. The molecule has 0 bridgehead atoms. The summed E-state index contributed by atoms with van der Waals surface area (Å²) in [4.78, 5) is 30.1. The van der Waals surface area contributed by atoms with E-state index in [4.69, 9.17) is 9.47 Å². The quantitative estimate of drug-likeness (QED) is 0.206. The van der Waals surface area contributed by atoms with Gasteiger partial charge in [0.2, 0.25) is 11.8 Å². The second kappa shape index (κ2) is 17.0. The van der Waals surface area contributed by atoms with Gasteiger partial charge >= 0.3 is 0 Å². The van der Waals surface area contributed by atoms with Crippen LogP contribution in [-0.2, 0) is 32.1 Å². The summed E-state index contributed by atoms with van der Waals surface area (Å²) >= 11 is 0. The summed E-state index contributed by atoms with van der Waals surface area (Å²) in [5.41, 5.74) is 4.58. The van der Waals surface area contributed by atoms with Crippen molar-refractivity contribution in [2.75, 3.05) is 32.0 Å². The Hall–Kier alpha value is -3.63. The van der Waals surface area contributed by atoms with Crippen LogP contribution < -0.4 is 10.6 Å². The van der Waals surface area contributed by atoms with E-state index in [0.717, 1.165) is 66.8 Å². The lowest BCUT2D eigenvalue weighted by Crippen LogP contribution is -2.43. The van der Waals surface area contributed by atoms with Crippen LogP contribution in [-0.4, -0.2) is 59.6 Å². The number of aromatic nitrogens is 1. The highest BCUT2D eigenvalue weighted by Gasteiger charge is 2.38. The Morgan fingerprint density at radius 3 is 2.39 bits per heavy atom. The summed E-state index contributed by atoms with van der Waals surface area (Å²) in [7, 11) is 2.11. The Morgan fingerprint density at radius 2 is 1.70 bits per heavy atom. The molecule has 44 heavy (non-hydrogen) atoms. The molecule has 1 aromatic heterocycles. The van der Waals surface area contributed by atoms with Crippen molar-refractivity contribution in [3.8, 4) is 0 Å². The van der Waals surface area contributed by atoms with Crippen LogP contribution in [0.1, 0.15) is 74.3 Å². The molecule has 0 aliphatic carbocycles. The molecular formula is C35H46N4O5. The van der Waals surface area contributed by atoms with Gasteiger partial charge in [-0.15, -0.1) is 0 Å². The molecule has 0 unspecified atom stereocenters. The smallest absolute Gasteiger partial charge is 0.224 e. The Balaban J connectivity index is 1.38. The number of carbonyl (C=O) groups excluding carboxylic acids is 2. The fourth-order valence-corrected chi connectivity index (χ4v) is 5.38. The van der Waals surface area contributed by atoms with Crippen molar-refractivity contribution < 1.29 is 24.2 Å². The number of anilines is 1. The average molecular weight is 603 g/mol. The predicted molar refractivity (Wildman–Crippen MR) is 171 cm³/mol. The maximum atomic E-state index is 12.5.